The van der Waals surface area contributed by atoms with Crippen LogP contribution in [0.25, 0.3) is 0 Å². The number of rotatable bonds is 7. The van der Waals surface area contributed by atoms with Crippen LogP contribution in [0, 0.1) is 24.7 Å². The Balaban J connectivity index is 1.23. The molecule has 176 valence electrons. The number of urea groups is 1. The van der Waals surface area contributed by atoms with Gasteiger partial charge < -0.3 is 24.8 Å². The fourth-order valence-corrected chi connectivity index (χ4v) is 6.69. The maximum atomic E-state index is 13.5. The zero-order valence-corrected chi connectivity index (χ0v) is 19.0. The minimum Gasteiger partial charge on any atom is -0.379 e. The van der Waals surface area contributed by atoms with E-state index in [2.05, 4.69) is 20.7 Å². The van der Waals surface area contributed by atoms with Gasteiger partial charge in [0.1, 0.15) is 12.3 Å². The summed E-state index contributed by atoms with van der Waals surface area (Å²) < 4.78 is 10.5. The summed E-state index contributed by atoms with van der Waals surface area (Å²) in [5.41, 5.74) is -0.0806. The first kappa shape index (κ1) is 21.7. The summed E-state index contributed by atoms with van der Waals surface area (Å²) >= 11 is 0. The molecule has 1 aliphatic heterocycles. The zero-order valence-electron chi connectivity index (χ0n) is 19.0. The normalized spacial score (nSPS) is 31.5. The monoisotopic (exact) mass is 445 g/mol. The number of anilines is 1. The van der Waals surface area contributed by atoms with Crippen LogP contribution in [-0.4, -0.2) is 78.4 Å². The molecular formula is C23H35N5O4. The lowest BCUT2D eigenvalue weighted by atomic mass is 9.53. The van der Waals surface area contributed by atoms with Crippen molar-refractivity contribution in [3.63, 3.8) is 0 Å². The van der Waals surface area contributed by atoms with Gasteiger partial charge in [-0.05, 0) is 63.2 Å². The Bertz CT molecular complexity index is 799. The van der Waals surface area contributed by atoms with Gasteiger partial charge in [0.25, 0.3) is 0 Å². The number of nitrogens with one attached hydrogen (secondary N) is 2. The molecule has 5 fully saturated rings. The molecule has 4 saturated carbocycles. The number of nitrogens with zero attached hydrogens (tertiary/aromatic N) is 3. The molecule has 5 aliphatic rings. The highest BCUT2D eigenvalue weighted by Gasteiger charge is 2.51. The average Bonchev–Trinajstić information content (AvgIpc) is 3.14. The van der Waals surface area contributed by atoms with Gasteiger partial charge in [0.05, 0.1) is 13.2 Å². The number of aryl methyl sites for hydroxylation is 1. The van der Waals surface area contributed by atoms with Crippen LogP contribution < -0.4 is 10.6 Å². The van der Waals surface area contributed by atoms with Crippen molar-refractivity contribution in [2.24, 2.45) is 17.8 Å². The Morgan fingerprint density at radius 2 is 1.81 bits per heavy atom. The Morgan fingerprint density at radius 3 is 2.41 bits per heavy atom. The largest absolute Gasteiger partial charge is 0.379 e. The minimum atomic E-state index is -0.263. The van der Waals surface area contributed by atoms with Gasteiger partial charge in [-0.25, -0.2) is 4.79 Å². The van der Waals surface area contributed by atoms with Crippen molar-refractivity contribution in [3.05, 3.63) is 11.8 Å². The lowest BCUT2D eigenvalue weighted by molar-refractivity contribution is -0.117. The van der Waals surface area contributed by atoms with Crippen molar-refractivity contribution in [1.29, 1.82) is 0 Å². The fraction of sp³-hybridized carbons (Fsp3) is 0.783. The van der Waals surface area contributed by atoms with Crippen molar-refractivity contribution in [1.82, 2.24) is 20.3 Å². The first-order chi connectivity index (χ1) is 15.5. The average molecular weight is 446 g/mol. The first-order valence-corrected chi connectivity index (χ1v) is 12.1. The molecule has 4 bridgehead atoms. The maximum absolute atomic E-state index is 13.5. The van der Waals surface area contributed by atoms with E-state index < -0.39 is 0 Å². The molecule has 4 aliphatic carbocycles. The van der Waals surface area contributed by atoms with Crippen LogP contribution in [0.2, 0.25) is 0 Å². The summed E-state index contributed by atoms with van der Waals surface area (Å²) in [6.07, 6.45) is 7.26. The molecule has 9 heteroatoms. The van der Waals surface area contributed by atoms with E-state index in [-0.39, 0.29) is 24.0 Å². The fourth-order valence-electron chi connectivity index (χ4n) is 6.69. The van der Waals surface area contributed by atoms with Crippen LogP contribution in [0.1, 0.15) is 44.3 Å². The highest BCUT2D eigenvalue weighted by Crippen LogP contribution is 2.55. The van der Waals surface area contributed by atoms with E-state index in [1.54, 1.807) is 17.9 Å². The Morgan fingerprint density at radius 1 is 1.16 bits per heavy atom. The standard InChI is InChI=1S/C23H35N5O4/c1-16-8-20(26-32-16)24-21(29)15-28(3-2-27-4-6-31-7-5-27)22(30)25-23-12-17-9-18(13-23)11-19(10-17)14-23/h8,17-19H,2-7,9-15H2,1H3,(H,25,30)(H,24,26,29). The molecule has 9 nitrogen and oxygen atoms in total. The topological polar surface area (TPSA) is 99.9 Å². The molecule has 0 aromatic carbocycles. The maximum Gasteiger partial charge on any atom is 0.318 e. The first-order valence-electron chi connectivity index (χ1n) is 12.1. The van der Waals surface area contributed by atoms with Gasteiger partial charge in [0, 0.05) is 37.8 Å². The molecule has 2 N–H and O–H groups in total. The zero-order chi connectivity index (χ0) is 22.1. The molecule has 6 rings (SSSR count). The molecule has 2 heterocycles. The van der Waals surface area contributed by atoms with Crippen LogP contribution in [0.4, 0.5) is 10.6 Å². The second-order valence-corrected chi connectivity index (χ2v) is 10.4. The molecule has 0 atom stereocenters. The lowest BCUT2D eigenvalue weighted by Gasteiger charge is -2.57. The van der Waals surface area contributed by atoms with E-state index in [4.69, 9.17) is 9.26 Å². The summed E-state index contributed by atoms with van der Waals surface area (Å²) in [7, 11) is 0. The van der Waals surface area contributed by atoms with Crippen LogP contribution in [-0.2, 0) is 9.53 Å². The van der Waals surface area contributed by atoms with Crippen LogP contribution in [0.15, 0.2) is 10.6 Å². The summed E-state index contributed by atoms with van der Waals surface area (Å²) in [4.78, 5) is 30.1. The summed E-state index contributed by atoms with van der Waals surface area (Å²) in [5, 5.41) is 9.99. The van der Waals surface area contributed by atoms with Crippen molar-refractivity contribution in [2.45, 2.75) is 51.0 Å². The predicted molar refractivity (Wildman–Crippen MR) is 118 cm³/mol. The highest BCUT2D eigenvalue weighted by atomic mass is 16.5. The van der Waals surface area contributed by atoms with Gasteiger partial charge >= 0.3 is 6.03 Å². The number of morpholine rings is 1. The third-order valence-corrected chi connectivity index (χ3v) is 7.72. The van der Waals surface area contributed by atoms with Crippen molar-refractivity contribution < 1.29 is 18.8 Å². The van der Waals surface area contributed by atoms with Crippen molar-refractivity contribution in [2.75, 3.05) is 51.3 Å². The van der Waals surface area contributed by atoms with Gasteiger partial charge in [0.15, 0.2) is 5.82 Å². The quantitative estimate of drug-likeness (QED) is 0.668. The number of amides is 3. The second kappa shape index (κ2) is 9.02. The molecular weight excluding hydrogens is 410 g/mol. The lowest BCUT2D eigenvalue weighted by Crippen LogP contribution is -2.62. The number of aromatic nitrogens is 1. The smallest absolute Gasteiger partial charge is 0.318 e. The Labute approximate surface area is 189 Å². The molecule has 32 heavy (non-hydrogen) atoms. The molecule has 1 saturated heterocycles. The predicted octanol–water partition coefficient (Wildman–Crippen LogP) is 2.23. The number of hydrogen-bond donors (Lipinski definition) is 2. The van der Waals surface area contributed by atoms with Gasteiger partial charge in [-0.15, -0.1) is 0 Å². The number of carbonyl (C=O) groups excluding carboxylic acids is 2. The van der Waals surface area contributed by atoms with Gasteiger partial charge in [-0.3, -0.25) is 9.69 Å². The van der Waals surface area contributed by atoms with Crippen LogP contribution >= 0.6 is 0 Å². The Hall–Kier alpha value is -2.13. The molecule has 0 radical (unpaired) electrons. The van der Waals surface area contributed by atoms with E-state index in [9.17, 15) is 9.59 Å². The molecule has 0 spiro atoms. The van der Waals surface area contributed by atoms with Gasteiger partial charge in [-0.2, -0.15) is 0 Å². The van der Waals surface area contributed by atoms with E-state index >= 15 is 0 Å². The second-order valence-electron chi connectivity index (χ2n) is 10.4. The van der Waals surface area contributed by atoms with E-state index in [0.717, 1.165) is 56.7 Å². The van der Waals surface area contributed by atoms with Crippen LogP contribution in [0.5, 0.6) is 0 Å². The SMILES string of the molecule is Cc1cc(NC(=O)CN(CCN2CCOCC2)C(=O)NC23CC4CC(CC(C4)C2)C3)no1. The van der Waals surface area contributed by atoms with Crippen LogP contribution in [0.3, 0.4) is 0 Å². The summed E-state index contributed by atoms with van der Waals surface area (Å²) in [6.45, 7) is 6.14. The summed E-state index contributed by atoms with van der Waals surface area (Å²) in [6, 6.07) is 1.55. The summed E-state index contributed by atoms with van der Waals surface area (Å²) in [5.74, 6) is 3.00. The number of carbonyl (C=O) groups is 2. The number of ether oxygens (including phenoxy) is 1. The van der Waals surface area contributed by atoms with E-state index in [1.807, 2.05) is 0 Å². The molecule has 0 unspecified atom stereocenters. The van der Waals surface area contributed by atoms with Crippen molar-refractivity contribution in [3.8, 4) is 0 Å². The van der Waals surface area contributed by atoms with Crippen molar-refractivity contribution >= 4 is 17.8 Å². The molecule has 1 aromatic heterocycles. The third kappa shape index (κ3) is 4.93. The van der Waals surface area contributed by atoms with E-state index in [0.29, 0.717) is 31.3 Å². The minimum absolute atomic E-state index is 0.00551. The van der Waals surface area contributed by atoms with Gasteiger partial charge in [0.2, 0.25) is 5.91 Å². The highest BCUT2D eigenvalue weighted by molar-refractivity contribution is 5.93. The molecule has 3 amide bonds. The molecule has 1 aromatic rings. The Kier molecular flexibility index (Phi) is 6.11. The third-order valence-electron chi connectivity index (χ3n) is 7.72. The van der Waals surface area contributed by atoms with E-state index in [1.165, 1.54) is 19.3 Å². The number of hydrogen-bond acceptors (Lipinski definition) is 6. The van der Waals surface area contributed by atoms with Gasteiger partial charge in [-0.1, -0.05) is 5.16 Å².